The number of piperidine rings is 1. The first-order chi connectivity index (χ1) is 9.02. The van der Waals surface area contributed by atoms with E-state index in [0.717, 1.165) is 32.1 Å². The van der Waals surface area contributed by atoms with E-state index in [-0.39, 0.29) is 23.9 Å². The largest absolute Gasteiger partial charge is 0.481 e. The van der Waals surface area contributed by atoms with Crippen LogP contribution in [0.5, 0.6) is 0 Å². The van der Waals surface area contributed by atoms with Gasteiger partial charge < -0.3 is 10.0 Å². The number of carbonyl (C=O) groups is 2. The second kappa shape index (κ2) is 5.93. The molecule has 0 aromatic heterocycles. The minimum absolute atomic E-state index is 0.0896. The first-order valence-electron chi connectivity index (χ1n) is 7.57. The lowest BCUT2D eigenvalue weighted by atomic mass is 9.77. The summed E-state index contributed by atoms with van der Waals surface area (Å²) in [5, 5.41) is 9.32. The molecule has 2 fully saturated rings. The van der Waals surface area contributed by atoms with Gasteiger partial charge in [0.1, 0.15) is 0 Å². The van der Waals surface area contributed by atoms with Gasteiger partial charge in [-0.25, -0.2) is 0 Å². The Bertz CT molecular complexity index is 345. The van der Waals surface area contributed by atoms with Crippen molar-refractivity contribution in [1.82, 2.24) is 4.90 Å². The molecule has 4 nitrogen and oxygen atoms in total. The van der Waals surface area contributed by atoms with Crippen LogP contribution in [0.3, 0.4) is 0 Å². The van der Waals surface area contributed by atoms with Crippen LogP contribution in [-0.4, -0.2) is 34.0 Å². The third-order valence-electron chi connectivity index (χ3n) is 4.85. The summed E-state index contributed by atoms with van der Waals surface area (Å²) in [6.45, 7) is 4.18. The van der Waals surface area contributed by atoms with Gasteiger partial charge in [0.2, 0.25) is 5.91 Å². The Morgan fingerprint density at radius 1 is 0.895 bits per heavy atom. The smallest absolute Gasteiger partial charge is 0.307 e. The molecule has 0 spiro atoms. The van der Waals surface area contributed by atoms with E-state index < -0.39 is 11.9 Å². The highest BCUT2D eigenvalue weighted by atomic mass is 16.4. The summed E-state index contributed by atoms with van der Waals surface area (Å²) in [6, 6.07) is 0.514. The second-order valence-corrected chi connectivity index (χ2v) is 6.21. The fourth-order valence-corrected chi connectivity index (χ4v) is 3.77. The van der Waals surface area contributed by atoms with Gasteiger partial charge in [-0.2, -0.15) is 0 Å². The average Bonchev–Trinajstić information content (AvgIpc) is 2.38. The quantitative estimate of drug-likeness (QED) is 0.836. The molecule has 2 aliphatic rings. The van der Waals surface area contributed by atoms with Crippen LogP contribution in [0.1, 0.15) is 58.8 Å². The number of carboxylic acids is 1. The van der Waals surface area contributed by atoms with Gasteiger partial charge in [0, 0.05) is 12.1 Å². The number of carbonyl (C=O) groups excluding carboxylic acids is 1. The van der Waals surface area contributed by atoms with Gasteiger partial charge in [-0.3, -0.25) is 9.59 Å². The molecule has 0 aromatic carbocycles. The summed E-state index contributed by atoms with van der Waals surface area (Å²) in [6.07, 6.45) is 6.57. The van der Waals surface area contributed by atoms with Gasteiger partial charge in [0.05, 0.1) is 11.8 Å². The van der Waals surface area contributed by atoms with E-state index in [0.29, 0.717) is 6.42 Å². The van der Waals surface area contributed by atoms with E-state index in [1.165, 1.54) is 6.42 Å². The van der Waals surface area contributed by atoms with E-state index >= 15 is 0 Å². The molecule has 1 aliphatic carbocycles. The molecule has 0 radical (unpaired) electrons. The summed E-state index contributed by atoms with van der Waals surface area (Å²) in [4.78, 5) is 26.1. The van der Waals surface area contributed by atoms with Crippen LogP contribution in [0.25, 0.3) is 0 Å². The monoisotopic (exact) mass is 267 g/mol. The van der Waals surface area contributed by atoms with Crippen LogP contribution in [0.2, 0.25) is 0 Å². The van der Waals surface area contributed by atoms with Gasteiger partial charge in [0.15, 0.2) is 0 Å². The van der Waals surface area contributed by atoms with Crippen molar-refractivity contribution >= 4 is 11.9 Å². The molecule has 0 aromatic rings. The van der Waals surface area contributed by atoms with Crippen molar-refractivity contribution < 1.29 is 14.7 Å². The van der Waals surface area contributed by atoms with E-state index in [9.17, 15) is 14.7 Å². The highest BCUT2D eigenvalue weighted by molar-refractivity contribution is 5.85. The molecule has 1 saturated heterocycles. The van der Waals surface area contributed by atoms with Gasteiger partial charge in [-0.15, -0.1) is 0 Å². The van der Waals surface area contributed by atoms with Crippen molar-refractivity contribution in [3.8, 4) is 0 Å². The Morgan fingerprint density at radius 3 is 1.95 bits per heavy atom. The molecule has 4 atom stereocenters. The molecule has 1 aliphatic heterocycles. The number of amides is 1. The summed E-state index contributed by atoms with van der Waals surface area (Å²) in [7, 11) is 0. The van der Waals surface area contributed by atoms with E-state index in [4.69, 9.17) is 0 Å². The predicted octanol–water partition coefficient (Wildman–Crippen LogP) is 2.67. The van der Waals surface area contributed by atoms with E-state index in [1.54, 1.807) is 0 Å². The lowest BCUT2D eigenvalue weighted by Crippen LogP contribution is -2.52. The number of hydrogen-bond acceptors (Lipinski definition) is 2. The fourth-order valence-electron chi connectivity index (χ4n) is 3.77. The van der Waals surface area contributed by atoms with Crippen LogP contribution < -0.4 is 0 Å². The SMILES string of the molecule is C[C@@H]1CCC[C@H](C)N1C(=O)[C@H]1CCCC[C@H]1C(=O)O. The molecule has 108 valence electrons. The maximum atomic E-state index is 12.8. The zero-order valence-electron chi connectivity index (χ0n) is 12.0. The Morgan fingerprint density at radius 2 is 1.42 bits per heavy atom. The molecule has 4 heteroatoms. The third kappa shape index (κ3) is 2.93. The van der Waals surface area contributed by atoms with Crippen LogP contribution in [0.15, 0.2) is 0 Å². The summed E-state index contributed by atoms with van der Waals surface area (Å²) in [5.74, 6) is -1.47. The topological polar surface area (TPSA) is 57.6 Å². The molecular formula is C15H25NO3. The Hall–Kier alpha value is -1.06. The van der Waals surface area contributed by atoms with Gasteiger partial charge >= 0.3 is 5.97 Å². The third-order valence-corrected chi connectivity index (χ3v) is 4.85. The molecule has 2 rings (SSSR count). The number of rotatable bonds is 2. The number of likely N-dealkylation sites (tertiary alicyclic amines) is 1. The number of aliphatic carboxylic acids is 1. The lowest BCUT2D eigenvalue weighted by Gasteiger charge is -2.42. The van der Waals surface area contributed by atoms with Crippen LogP contribution in [-0.2, 0) is 9.59 Å². The van der Waals surface area contributed by atoms with Crippen LogP contribution in [0.4, 0.5) is 0 Å². The first-order valence-corrected chi connectivity index (χ1v) is 7.57. The number of hydrogen-bond donors (Lipinski definition) is 1. The van der Waals surface area contributed by atoms with Gasteiger partial charge in [-0.1, -0.05) is 12.8 Å². The molecule has 1 N–H and O–H groups in total. The highest BCUT2D eigenvalue weighted by Gasteiger charge is 2.40. The summed E-state index contributed by atoms with van der Waals surface area (Å²) < 4.78 is 0. The summed E-state index contributed by atoms with van der Waals surface area (Å²) in [5.41, 5.74) is 0. The lowest BCUT2D eigenvalue weighted by molar-refractivity contribution is -0.155. The first kappa shape index (κ1) is 14.4. The minimum atomic E-state index is -0.796. The van der Waals surface area contributed by atoms with Crippen molar-refractivity contribution in [1.29, 1.82) is 0 Å². The Labute approximate surface area is 115 Å². The van der Waals surface area contributed by atoms with Gasteiger partial charge in [0.25, 0.3) is 0 Å². The summed E-state index contributed by atoms with van der Waals surface area (Å²) >= 11 is 0. The van der Waals surface area contributed by atoms with E-state index in [2.05, 4.69) is 13.8 Å². The van der Waals surface area contributed by atoms with Crippen LogP contribution >= 0.6 is 0 Å². The van der Waals surface area contributed by atoms with Crippen LogP contribution in [0, 0.1) is 11.8 Å². The molecule has 1 amide bonds. The zero-order valence-corrected chi connectivity index (χ0v) is 12.0. The number of carboxylic acid groups (broad SMARTS) is 1. The standard InChI is InChI=1S/C15H25NO3/c1-10-6-5-7-11(2)16(10)14(17)12-8-3-4-9-13(12)15(18)19/h10-13H,3-9H2,1-2H3,(H,18,19)/t10-,11+,12-,13+/m0/s1. The fraction of sp³-hybridized carbons (Fsp3) is 0.867. The Balaban J connectivity index is 2.14. The molecule has 19 heavy (non-hydrogen) atoms. The molecule has 1 saturated carbocycles. The highest BCUT2D eigenvalue weighted by Crippen LogP contribution is 2.34. The maximum Gasteiger partial charge on any atom is 0.307 e. The normalized spacial score (nSPS) is 36.0. The van der Waals surface area contributed by atoms with E-state index in [1.807, 2.05) is 4.90 Å². The van der Waals surface area contributed by atoms with Crippen molar-refractivity contribution in [3.05, 3.63) is 0 Å². The average molecular weight is 267 g/mol. The molecular weight excluding hydrogens is 242 g/mol. The second-order valence-electron chi connectivity index (χ2n) is 6.21. The van der Waals surface area contributed by atoms with Crippen molar-refractivity contribution in [2.45, 2.75) is 70.9 Å². The van der Waals surface area contributed by atoms with Crippen molar-refractivity contribution in [2.75, 3.05) is 0 Å². The molecule has 0 bridgehead atoms. The van der Waals surface area contributed by atoms with Crippen molar-refractivity contribution in [2.24, 2.45) is 11.8 Å². The van der Waals surface area contributed by atoms with Gasteiger partial charge in [-0.05, 0) is 46.0 Å². The maximum absolute atomic E-state index is 12.8. The Kier molecular flexibility index (Phi) is 4.48. The number of nitrogens with zero attached hydrogens (tertiary/aromatic N) is 1. The predicted molar refractivity (Wildman–Crippen MR) is 72.7 cm³/mol. The van der Waals surface area contributed by atoms with Crippen molar-refractivity contribution in [3.63, 3.8) is 0 Å². The zero-order chi connectivity index (χ0) is 14.0. The molecule has 0 unspecified atom stereocenters. The molecule has 1 heterocycles. The minimum Gasteiger partial charge on any atom is -0.481 e.